The zero-order valence-electron chi connectivity index (χ0n) is 18.4. The van der Waals surface area contributed by atoms with Gasteiger partial charge in [0.15, 0.2) is 0 Å². The topological polar surface area (TPSA) is 21.7 Å². The van der Waals surface area contributed by atoms with Gasteiger partial charge in [-0.2, -0.15) is 0 Å². The highest BCUT2D eigenvalue weighted by molar-refractivity contribution is 5.66. The van der Waals surface area contributed by atoms with Gasteiger partial charge < -0.3 is 14.4 Å². The molecular formula is C26H34FNO2. The number of rotatable bonds is 6. The second-order valence-electron chi connectivity index (χ2n) is 9.06. The third-order valence-corrected chi connectivity index (χ3v) is 6.36. The second-order valence-corrected chi connectivity index (χ2v) is 9.06. The summed E-state index contributed by atoms with van der Waals surface area (Å²) in [7, 11) is 0. The van der Waals surface area contributed by atoms with Gasteiger partial charge in [0.25, 0.3) is 0 Å². The zero-order valence-corrected chi connectivity index (χ0v) is 18.4. The number of aryl methyl sites for hydroxylation is 1. The van der Waals surface area contributed by atoms with Crippen LogP contribution in [0.4, 0.5) is 15.8 Å². The molecule has 0 radical (unpaired) electrons. The summed E-state index contributed by atoms with van der Waals surface area (Å²) in [5, 5.41) is 0. The van der Waals surface area contributed by atoms with Crippen LogP contribution in [-0.2, 0) is 11.2 Å². The van der Waals surface area contributed by atoms with E-state index >= 15 is 4.39 Å². The van der Waals surface area contributed by atoms with Crippen LogP contribution >= 0.6 is 0 Å². The van der Waals surface area contributed by atoms with Gasteiger partial charge in [-0.3, -0.25) is 0 Å². The molecule has 0 saturated carbocycles. The Bertz CT molecular complexity index is 829. The quantitative estimate of drug-likeness (QED) is 0.532. The fourth-order valence-electron chi connectivity index (χ4n) is 4.61. The van der Waals surface area contributed by atoms with E-state index in [2.05, 4.69) is 56.0 Å². The van der Waals surface area contributed by atoms with Crippen LogP contribution in [0, 0.1) is 11.8 Å². The van der Waals surface area contributed by atoms with Crippen LogP contribution in [0.5, 0.6) is 5.75 Å². The zero-order chi connectivity index (χ0) is 21.1. The molecular weight excluding hydrogens is 377 g/mol. The van der Waals surface area contributed by atoms with Crippen LogP contribution in [0.2, 0.25) is 0 Å². The summed E-state index contributed by atoms with van der Waals surface area (Å²) in [6, 6.07) is 14.7. The van der Waals surface area contributed by atoms with Gasteiger partial charge in [-0.1, -0.05) is 32.9 Å². The average Bonchev–Trinajstić information content (AvgIpc) is 2.78. The predicted molar refractivity (Wildman–Crippen MR) is 121 cm³/mol. The molecule has 1 saturated heterocycles. The van der Waals surface area contributed by atoms with Crippen LogP contribution in [0.15, 0.2) is 42.5 Å². The summed E-state index contributed by atoms with van der Waals surface area (Å²) in [6.07, 6.45) is 2.36. The van der Waals surface area contributed by atoms with Crippen molar-refractivity contribution in [1.29, 1.82) is 0 Å². The maximum absolute atomic E-state index is 15.3. The summed E-state index contributed by atoms with van der Waals surface area (Å²) in [4.78, 5) is 2.29. The molecule has 30 heavy (non-hydrogen) atoms. The average molecular weight is 412 g/mol. The first-order valence-corrected chi connectivity index (χ1v) is 11.4. The summed E-state index contributed by atoms with van der Waals surface area (Å²) in [6.45, 7) is 8.99. The van der Waals surface area contributed by atoms with E-state index in [9.17, 15) is 0 Å². The standard InChI is InChI=1S/C26H34FNO2/c1-4-19-5-7-21(8-6-19)28(17-18(2)3)22-9-10-25-23(15-22)24(27)16-26(30-25)20-11-13-29-14-12-20/h5-10,15,18,20,24,26H,4,11-14,16-17H2,1-3H3. The lowest BCUT2D eigenvalue weighted by molar-refractivity contribution is -0.00193. The molecule has 2 atom stereocenters. The smallest absolute Gasteiger partial charge is 0.132 e. The number of halogens is 1. The van der Waals surface area contributed by atoms with Crippen LogP contribution in [0.25, 0.3) is 0 Å². The first-order valence-electron chi connectivity index (χ1n) is 11.4. The molecule has 0 bridgehead atoms. The minimum absolute atomic E-state index is 0.0457. The Morgan fingerprint density at radius 3 is 2.40 bits per heavy atom. The van der Waals surface area contributed by atoms with E-state index in [0.717, 1.165) is 50.4 Å². The van der Waals surface area contributed by atoms with E-state index in [1.165, 1.54) is 5.56 Å². The molecule has 0 amide bonds. The fourth-order valence-corrected chi connectivity index (χ4v) is 4.61. The molecule has 1 fully saturated rings. The first-order chi connectivity index (χ1) is 14.5. The Kier molecular flexibility index (Phi) is 6.62. The van der Waals surface area contributed by atoms with Gasteiger partial charge in [0.05, 0.1) is 0 Å². The lowest BCUT2D eigenvalue weighted by atomic mass is 9.87. The number of alkyl halides is 1. The Balaban J connectivity index is 1.60. The number of benzene rings is 2. The monoisotopic (exact) mass is 411 g/mol. The van der Waals surface area contributed by atoms with E-state index in [1.807, 2.05) is 12.1 Å². The predicted octanol–water partition coefficient (Wildman–Crippen LogP) is 6.63. The normalized spacial score (nSPS) is 21.9. The van der Waals surface area contributed by atoms with Crippen molar-refractivity contribution in [2.45, 2.75) is 58.7 Å². The molecule has 2 heterocycles. The minimum Gasteiger partial charge on any atom is -0.490 e. The van der Waals surface area contributed by atoms with Crippen molar-refractivity contribution in [3.05, 3.63) is 53.6 Å². The van der Waals surface area contributed by atoms with E-state index in [4.69, 9.17) is 9.47 Å². The maximum atomic E-state index is 15.3. The van der Waals surface area contributed by atoms with Gasteiger partial charge in [0.2, 0.25) is 0 Å². The first kappa shape index (κ1) is 21.2. The molecule has 2 aliphatic heterocycles. The van der Waals surface area contributed by atoms with Crippen molar-refractivity contribution in [3.8, 4) is 5.75 Å². The molecule has 162 valence electrons. The van der Waals surface area contributed by atoms with Crippen LogP contribution in [0.3, 0.4) is 0 Å². The lowest BCUT2D eigenvalue weighted by Crippen LogP contribution is -2.35. The molecule has 2 aromatic rings. The van der Waals surface area contributed by atoms with E-state index < -0.39 is 6.17 Å². The summed E-state index contributed by atoms with van der Waals surface area (Å²) in [5.41, 5.74) is 4.19. The molecule has 0 N–H and O–H groups in total. The summed E-state index contributed by atoms with van der Waals surface area (Å²) >= 11 is 0. The molecule has 3 nitrogen and oxygen atoms in total. The minimum atomic E-state index is -0.982. The third kappa shape index (κ3) is 4.64. The van der Waals surface area contributed by atoms with Gasteiger partial charge in [-0.05, 0) is 61.1 Å². The molecule has 4 rings (SSSR count). The largest absolute Gasteiger partial charge is 0.490 e. The lowest BCUT2D eigenvalue weighted by Gasteiger charge is -2.36. The van der Waals surface area contributed by atoms with Gasteiger partial charge >= 0.3 is 0 Å². The van der Waals surface area contributed by atoms with Crippen molar-refractivity contribution in [1.82, 2.24) is 0 Å². The molecule has 0 aliphatic carbocycles. The van der Waals surface area contributed by atoms with Crippen LogP contribution in [0.1, 0.15) is 57.3 Å². The molecule has 2 unspecified atom stereocenters. The number of nitrogens with zero attached hydrogens (tertiary/aromatic N) is 1. The molecule has 0 aromatic heterocycles. The number of anilines is 2. The highest BCUT2D eigenvalue weighted by Crippen LogP contribution is 2.43. The molecule has 0 spiro atoms. The van der Waals surface area contributed by atoms with Gasteiger partial charge in [-0.15, -0.1) is 0 Å². The number of fused-ring (bicyclic) bond motifs is 1. The van der Waals surface area contributed by atoms with E-state index in [1.54, 1.807) is 0 Å². The highest BCUT2D eigenvalue weighted by Gasteiger charge is 2.34. The Labute approximate surface area is 180 Å². The maximum Gasteiger partial charge on any atom is 0.132 e. The SMILES string of the molecule is CCc1ccc(N(CC(C)C)c2ccc3c(c2)C(F)CC(C2CCOCC2)O3)cc1. The fraction of sp³-hybridized carbons (Fsp3) is 0.538. The Morgan fingerprint density at radius 2 is 1.73 bits per heavy atom. The highest BCUT2D eigenvalue weighted by atomic mass is 19.1. The Morgan fingerprint density at radius 1 is 1.03 bits per heavy atom. The number of hydrogen-bond donors (Lipinski definition) is 0. The Hall–Kier alpha value is -2.07. The summed E-state index contributed by atoms with van der Waals surface area (Å²) in [5.74, 6) is 1.58. The van der Waals surface area contributed by atoms with Crippen LogP contribution < -0.4 is 9.64 Å². The molecule has 2 aromatic carbocycles. The van der Waals surface area contributed by atoms with Gasteiger partial charge in [0, 0.05) is 49.0 Å². The number of hydrogen-bond acceptors (Lipinski definition) is 3. The molecule has 4 heteroatoms. The van der Waals surface area contributed by atoms with Gasteiger partial charge in [0.1, 0.15) is 18.0 Å². The molecule has 2 aliphatic rings. The van der Waals surface area contributed by atoms with E-state index in [-0.39, 0.29) is 6.10 Å². The van der Waals surface area contributed by atoms with E-state index in [0.29, 0.717) is 29.6 Å². The van der Waals surface area contributed by atoms with Gasteiger partial charge in [-0.25, -0.2) is 4.39 Å². The van der Waals surface area contributed by atoms with Crippen molar-refractivity contribution < 1.29 is 13.9 Å². The van der Waals surface area contributed by atoms with Crippen molar-refractivity contribution >= 4 is 11.4 Å². The summed E-state index contributed by atoms with van der Waals surface area (Å²) < 4.78 is 27.0. The van der Waals surface area contributed by atoms with Crippen LogP contribution in [-0.4, -0.2) is 25.9 Å². The second kappa shape index (κ2) is 9.38. The third-order valence-electron chi connectivity index (χ3n) is 6.36. The van der Waals surface area contributed by atoms with Crippen molar-refractivity contribution in [2.24, 2.45) is 11.8 Å². The van der Waals surface area contributed by atoms with Crippen molar-refractivity contribution in [3.63, 3.8) is 0 Å². The number of ether oxygens (including phenoxy) is 2. The van der Waals surface area contributed by atoms with Crippen molar-refractivity contribution in [2.75, 3.05) is 24.7 Å².